The van der Waals surface area contributed by atoms with Gasteiger partial charge in [0.15, 0.2) is 17.3 Å². The third-order valence-corrected chi connectivity index (χ3v) is 5.79. The van der Waals surface area contributed by atoms with Gasteiger partial charge in [0, 0.05) is 32.3 Å². The molecule has 1 amide bonds. The summed E-state index contributed by atoms with van der Waals surface area (Å²) in [6.07, 6.45) is 8.04. The normalized spacial score (nSPS) is 18.2. The number of rotatable bonds is 3. The number of anilines is 1. The summed E-state index contributed by atoms with van der Waals surface area (Å²) in [4.78, 5) is 16.7. The van der Waals surface area contributed by atoms with Gasteiger partial charge in [-0.05, 0) is 61.1 Å². The van der Waals surface area contributed by atoms with Crippen LogP contribution < -0.4 is 14.4 Å². The number of fused-ring (bicyclic) bond motifs is 2. The van der Waals surface area contributed by atoms with Crippen molar-refractivity contribution in [3.05, 3.63) is 47.2 Å². The number of carbonyl (C=O) groups is 1. The van der Waals surface area contributed by atoms with Crippen LogP contribution in [0.15, 0.2) is 30.3 Å². The van der Waals surface area contributed by atoms with Gasteiger partial charge in [-0.2, -0.15) is 5.10 Å². The summed E-state index contributed by atoms with van der Waals surface area (Å²) in [5.74, 6) is 2.43. The molecule has 5 rings (SSSR count). The largest absolute Gasteiger partial charge is 0.454 e. The van der Waals surface area contributed by atoms with Crippen LogP contribution in [0.5, 0.6) is 11.5 Å². The van der Waals surface area contributed by atoms with Crippen LogP contribution in [0.2, 0.25) is 0 Å². The van der Waals surface area contributed by atoms with E-state index in [-0.39, 0.29) is 12.7 Å². The first kappa shape index (κ1) is 18.0. The average Bonchev–Trinajstić information content (AvgIpc) is 3.25. The Kier molecular flexibility index (Phi) is 4.79. The van der Waals surface area contributed by atoms with Crippen LogP contribution in [0.25, 0.3) is 6.08 Å². The molecule has 1 aromatic heterocycles. The first-order valence-electron chi connectivity index (χ1n) is 10.2. The molecule has 7 nitrogen and oxygen atoms in total. The standard InChI is InChI=1S/C22H24N4O3/c27-22(8-6-16-5-7-19-20(13-16)29-15-28-19)26-11-9-25(10-12-26)21-14-17-3-1-2-4-18(17)23-24-21/h5-8,13-14H,1-4,9-12,15H2. The minimum Gasteiger partial charge on any atom is -0.454 e. The van der Waals surface area contributed by atoms with Gasteiger partial charge in [0.1, 0.15) is 0 Å². The summed E-state index contributed by atoms with van der Waals surface area (Å²) in [6, 6.07) is 7.87. The Labute approximate surface area is 169 Å². The smallest absolute Gasteiger partial charge is 0.246 e. The van der Waals surface area contributed by atoms with Gasteiger partial charge in [-0.15, -0.1) is 5.10 Å². The predicted molar refractivity (Wildman–Crippen MR) is 109 cm³/mol. The SMILES string of the molecule is O=C(C=Cc1ccc2c(c1)OCO2)N1CCN(c2cc3c(nn2)CCCC3)CC1. The van der Waals surface area contributed by atoms with E-state index in [1.807, 2.05) is 29.2 Å². The van der Waals surface area contributed by atoms with Crippen LogP contribution in [0.4, 0.5) is 5.82 Å². The lowest BCUT2D eigenvalue weighted by Crippen LogP contribution is -2.48. The van der Waals surface area contributed by atoms with Crippen molar-refractivity contribution in [2.45, 2.75) is 25.7 Å². The van der Waals surface area contributed by atoms with E-state index in [1.54, 1.807) is 6.08 Å². The molecular formula is C22H24N4O3. The Morgan fingerprint density at radius 1 is 0.966 bits per heavy atom. The molecule has 0 spiro atoms. The summed E-state index contributed by atoms with van der Waals surface area (Å²) >= 11 is 0. The molecule has 7 heteroatoms. The van der Waals surface area contributed by atoms with Crippen LogP contribution in [-0.2, 0) is 17.6 Å². The lowest BCUT2D eigenvalue weighted by Gasteiger charge is -2.35. The maximum atomic E-state index is 12.6. The Balaban J connectivity index is 1.19. The fraction of sp³-hybridized carbons (Fsp3) is 0.409. The number of aromatic nitrogens is 2. The Morgan fingerprint density at radius 2 is 1.79 bits per heavy atom. The summed E-state index contributed by atoms with van der Waals surface area (Å²) in [5, 5.41) is 8.86. The molecule has 0 saturated carbocycles. The van der Waals surface area contributed by atoms with Gasteiger partial charge in [0.05, 0.1) is 5.69 Å². The molecule has 150 valence electrons. The zero-order valence-electron chi connectivity index (χ0n) is 16.3. The van der Waals surface area contributed by atoms with Gasteiger partial charge in [0.2, 0.25) is 12.7 Å². The number of ether oxygens (including phenoxy) is 2. The molecule has 1 aliphatic carbocycles. The molecule has 2 aromatic rings. The zero-order valence-corrected chi connectivity index (χ0v) is 16.3. The number of hydrogen-bond acceptors (Lipinski definition) is 6. The van der Waals surface area contributed by atoms with Crippen molar-refractivity contribution in [2.75, 3.05) is 37.9 Å². The van der Waals surface area contributed by atoms with E-state index in [2.05, 4.69) is 21.2 Å². The highest BCUT2D eigenvalue weighted by atomic mass is 16.7. The maximum absolute atomic E-state index is 12.6. The van der Waals surface area contributed by atoms with Crippen molar-refractivity contribution in [1.82, 2.24) is 15.1 Å². The molecule has 1 saturated heterocycles. The van der Waals surface area contributed by atoms with Gasteiger partial charge < -0.3 is 19.3 Å². The number of aryl methyl sites for hydroxylation is 2. The second-order valence-corrected chi connectivity index (χ2v) is 7.64. The van der Waals surface area contributed by atoms with E-state index in [0.717, 1.165) is 54.5 Å². The third kappa shape index (κ3) is 3.77. The topological polar surface area (TPSA) is 67.8 Å². The van der Waals surface area contributed by atoms with E-state index in [9.17, 15) is 4.79 Å². The molecular weight excluding hydrogens is 368 g/mol. The second kappa shape index (κ2) is 7.73. The highest BCUT2D eigenvalue weighted by Crippen LogP contribution is 2.32. The van der Waals surface area contributed by atoms with Gasteiger partial charge in [-0.3, -0.25) is 4.79 Å². The fourth-order valence-corrected chi connectivity index (χ4v) is 4.08. The number of amides is 1. The lowest BCUT2D eigenvalue weighted by molar-refractivity contribution is -0.126. The van der Waals surface area contributed by atoms with Crippen molar-refractivity contribution in [2.24, 2.45) is 0 Å². The Hall–Kier alpha value is -3.09. The fourth-order valence-electron chi connectivity index (χ4n) is 4.08. The maximum Gasteiger partial charge on any atom is 0.246 e. The second-order valence-electron chi connectivity index (χ2n) is 7.64. The molecule has 2 aliphatic heterocycles. The van der Waals surface area contributed by atoms with E-state index < -0.39 is 0 Å². The average molecular weight is 392 g/mol. The minimum atomic E-state index is 0.0267. The molecule has 3 heterocycles. The van der Waals surface area contributed by atoms with Crippen LogP contribution in [0.1, 0.15) is 29.7 Å². The monoisotopic (exact) mass is 392 g/mol. The molecule has 0 radical (unpaired) electrons. The molecule has 29 heavy (non-hydrogen) atoms. The van der Waals surface area contributed by atoms with E-state index >= 15 is 0 Å². The molecule has 3 aliphatic rings. The lowest BCUT2D eigenvalue weighted by atomic mass is 9.97. The predicted octanol–water partition coefficient (Wildman–Crippen LogP) is 2.45. The summed E-state index contributed by atoms with van der Waals surface area (Å²) in [6.45, 7) is 3.17. The zero-order chi connectivity index (χ0) is 19.6. The van der Waals surface area contributed by atoms with Crippen LogP contribution in [0, 0.1) is 0 Å². The number of hydrogen-bond donors (Lipinski definition) is 0. The Morgan fingerprint density at radius 3 is 2.69 bits per heavy atom. The first-order chi connectivity index (χ1) is 14.3. The van der Waals surface area contributed by atoms with Gasteiger partial charge in [0.25, 0.3) is 0 Å². The van der Waals surface area contributed by atoms with Gasteiger partial charge in [-0.25, -0.2) is 0 Å². The van der Waals surface area contributed by atoms with Crippen molar-refractivity contribution in [3.63, 3.8) is 0 Å². The van der Waals surface area contributed by atoms with Crippen molar-refractivity contribution >= 4 is 17.8 Å². The highest BCUT2D eigenvalue weighted by molar-refractivity contribution is 5.92. The van der Waals surface area contributed by atoms with E-state index in [4.69, 9.17) is 9.47 Å². The number of piperazine rings is 1. The molecule has 0 N–H and O–H groups in total. The summed E-state index contributed by atoms with van der Waals surface area (Å²) < 4.78 is 10.7. The molecule has 0 unspecified atom stereocenters. The first-order valence-corrected chi connectivity index (χ1v) is 10.2. The van der Waals surface area contributed by atoms with Crippen LogP contribution in [-0.4, -0.2) is 54.0 Å². The van der Waals surface area contributed by atoms with Crippen LogP contribution in [0.3, 0.4) is 0 Å². The van der Waals surface area contributed by atoms with Crippen molar-refractivity contribution in [3.8, 4) is 11.5 Å². The van der Waals surface area contributed by atoms with E-state index in [0.29, 0.717) is 13.1 Å². The number of carbonyl (C=O) groups excluding carboxylic acids is 1. The molecule has 0 bridgehead atoms. The minimum absolute atomic E-state index is 0.0267. The Bertz CT molecular complexity index is 951. The third-order valence-electron chi connectivity index (χ3n) is 5.79. The van der Waals surface area contributed by atoms with Crippen LogP contribution >= 0.6 is 0 Å². The van der Waals surface area contributed by atoms with Crippen molar-refractivity contribution < 1.29 is 14.3 Å². The number of nitrogens with zero attached hydrogens (tertiary/aromatic N) is 4. The number of benzene rings is 1. The highest BCUT2D eigenvalue weighted by Gasteiger charge is 2.22. The van der Waals surface area contributed by atoms with Crippen molar-refractivity contribution in [1.29, 1.82) is 0 Å². The molecule has 0 atom stereocenters. The van der Waals surface area contributed by atoms with Gasteiger partial charge >= 0.3 is 0 Å². The quantitative estimate of drug-likeness (QED) is 0.748. The van der Waals surface area contributed by atoms with E-state index in [1.165, 1.54) is 18.4 Å². The summed E-state index contributed by atoms with van der Waals surface area (Å²) in [5.41, 5.74) is 3.42. The summed E-state index contributed by atoms with van der Waals surface area (Å²) in [7, 11) is 0. The molecule has 1 aromatic carbocycles. The molecule has 1 fully saturated rings. The van der Waals surface area contributed by atoms with Gasteiger partial charge in [-0.1, -0.05) is 6.07 Å².